The Labute approximate surface area is 172 Å². The zero-order chi connectivity index (χ0) is 21.0. The van der Waals surface area contributed by atoms with Crippen LogP contribution in [0, 0.1) is 12.8 Å². The fraction of sp³-hybridized carbons (Fsp3) is 0.591. The SMILES string of the molecule is Cc1ccc(C2(C)NC(=O)N(CC(=O)NCCCN3CCC(C)CC3)C2=O)cc1. The van der Waals surface area contributed by atoms with E-state index in [9.17, 15) is 14.4 Å². The van der Waals surface area contributed by atoms with E-state index >= 15 is 0 Å². The molecule has 1 atom stereocenters. The Hall–Kier alpha value is -2.41. The summed E-state index contributed by atoms with van der Waals surface area (Å²) in [5.74, 6) is 0.0959. The lowest BCUT2D eigenvalue weighted by Crippen LogP contribution is -2.43. The maximum Gasteiger partial charge on any atom is 0.325 e. The minimum absolute atomic E-state index is 0.257. The second kappa shape index (κ2) is 8.95. The highest BCUT2D eigenvalue weighted by Crippen LogP contribution is 2.28. The highest BCUT2D eigenvalue weighted by molar-refractivity contribution is 6.09. The number of imide groups is 1. The van der Waals surface area contributed by atoms with Crippen LogP contribution in [-0.4, -0.2) is 60.4 Å². The van der Waals surface area contributed by atoms with E-state index in [4.69, 9.17) is 0 Å². The molecule has 0 spiro atoms. The Balaban J connectivity index is 1.47. The van der Waals surface area contributed by atoms with Gasteiger partial charge in [0, 0.05) is 6.54 Å². The molecule has 2 aliphatic rings. The Morgan fingerprint density at radius 3 is 2.52 bits per heavy atom. The Morgan fingerprint density at radius 1 is 1.21 bits per heavy atom. The number of hydrogen-bond acceptors (Lipinski definition) is 4. The quantitative estimate of drug-likeness (QED) is 0.542. The average molecular weight is 401 g/mol. The van der Waals surface area contributed by atoms with Gasteiger partial charge in [0.15, 0.2) is 0 Å². The number of carbonyl (C=O) groups excluding carboxylic acids is 3. The van der Waals surface area contributed by atoms with Crippen LogP contribution < -0.4 is 10.6 Å². The fourth-order valence-electron chi connectivity index (χ4n) is 3.94. The third kappa shape index (κ3) is 4.96. The number of aryl methyl sites for hydroxylation is 1. The third-order valence-electron chi connectivity index (χ3n) is 6.06. The molecule has 29 heavy (non-hydrogen) atoms. The Kier molecular flexibility index (Phi) is 6.57. The van der Waals surface area contributed by atoms with Crippen LogP contribution in [0.2, 0.25) is 0 Å². The van der Waals surface area contributed by atoms with Gasteiger partial charge in [-0.05, 0) is 64.2 Å². The van der Waals surface area contributed by atoms with Gasteiger partial charge >= 0.3 is 6.03 Å². The number of urea groups is 1. The predicted molar refractivity (Wildman–Crippen MR) is 111 cm³/mol. The standard InChI is InChI=1S/C22H32N4O3/c1-16-5-7-18(8-6-16)22(3)20(28)26(21(29)24-22)15-19(27)23-11-4-12-25-13-9-17(2)10-14-25/h5-8,17H,4,9-15H2,1-3H3,(H,23,27)(H,24,29). The van der Waals surface area contributed by atoms with E-state index in [1.54, 1.807) is 6.92 Å². The number of nitrogens with zero attached hydrogens (tertiary/aromatic N) is 2. The van der Waals surface area contributed by atoms with Gasteiger partial charge in [-0.1, -0.05) is 36.8 Å². The molecule has 0 aliphatic carbocycles. The van der Waals surface area contributed by atoms with Gasteiger partial charge in [0.25, 0.3) is 5.91 Å². The zero-order valence-electron chi connectivity index (χ0n) is 17.7. The van der Waals surface area contributed by atoms with Crippen molar-refractivity contribution in [1.29, 1.82) is 0 Å². The fourth-order valence-corrected chi connectivity index (χ4v) is 3.94. The Morgan fingerprint density at radius 2 is 1.86 bits per heavy atom. The molecule has 3 rings (SSSR count). The molecule has 0 bridgehead atoms. The van der Waals surface area contributed by atoms with Crippen molar-refractivity contribution < 1.29 is 14.4 Å². The van der Waals surface area contributed by atoms with E-state index in [1.165, 1.54) is 12.8 Å². The number of benzene rings is 1. The van der Waals surface area contributed by atoms with Crippen molar-refractivity contribution >= 4 is 17.8 Å². The van der Waals surface area contributed by atoms with Crippen molar-refractivity contribution in [1.82, 2.24) is 20.4 Å². The molecule has 0 radical (unpaired) electrons. The van der Waals surface area contributed by atoms with Crippen molar-refractivity contribution in [3.05, 3.63) is 35.4 Å². The Bertz CT molecular complexity index is 756. The van der Waals surface area contributed by atoms with E-state index in [1.807, 2.05) is 31.2 Å². The summed E-state index contributed by atoms with van der Waals surface area (Å²) in [5.41, 5.74) is 0.640. The van der Waals surface area contributed by atoms with Crippen LogP contribution in [0.4, 0.5) is 4.79 Å². The van der Waals surface area contributed by atoms with Crippen molar-refractivity contribution in [2.24, 2.45) is 5.92 Å². The molecular formula is C22H32N4O3. The number of carbonyl (C=O) groups is 3. The smallest absolute Gasteiger partial charge is 0.325 e. The number of amides is 4. The summed E-state index contributed by atoms with van der Waals surface area (Å²) in [4.78, 5) is 40.9. The lowest BCUT2D eigenvalue weighted by molar-refractivity contribution is -0.134. The van der Waals surface area contributed by atoms with Crippen LogP contribution in [0.3, 0.4) is 0 Å². The van der Waals surface area contributed by atoms with Crippen LogP contribution in [-0.2, 0) is 15.1 Å². The summed E-state index contributed by atoms with van der Waals surface area (Å²) in [5, 5.41) is 5.57. The van der Waals surface area contributed by atoms with Gasteiger partial charge in [0.2, 0.25) is 5.91 Å². The second-order valence-electron chi connectivity index (χ2n) is 8.54. The molecule has 2 N–H and O–H groups in total. The molecule has 0 saturated carbocycles. The second-order valence-corrected chi connectivity index (χ2v) is 8.54. The van der Waals surface area contributed by atoms with Gasteiger partial charge in [-0.3, -0.25) is 14.5 Å². The highest BCUT2D eigenvalue weighted by Gasteiger charge is 2.49. The number of hydrogen-bond donors (Lipinski definition) is 2. The molecule has 1 aromatic carbocycles. The lowest BCUT2D eigenvalue weighted by atomic mass is 9.91. The summed E-state index contributed by atoms with van der Waals surface area (Å²) in [6, 6.07) is 6.93. The summed E-state index contributed by atoms with van der Waals surface area (Å²) in [7, 11) is 0. The molecular weight excluding hydrogens is 368 g/mol. The summed E-state index contributed by atoms with van der Waals surface area (Å²) < 4.78 is 0. The van der Waals surface area contributed by atoms with Crippen LogP contribution in [0.25, 0.3) is 0 Å². The van der Waals surface area contributed by atoms with Crippen LogP contribution in [0.15, 0.2) is 24.3 Å². The van der Waals surface area contributed by atoms with Crippen molar-refractivity contribution in [2.45, 2.75) is 45.6 Å². The molecule has 1 aromatic rings. The van der Waals surface area contributed by atoms with E-state index < -0.39 is 17.5 Å². The van der Waals surface area contributed by atoms with Gasteiger partial charge in [0.1, 0.15) is 12.1 Å². The number of nitrogens with one attached hydrogen (secondary N) is 2. The topological polar surface area (TPSA) is 81.8 Å². The molecule has 7 nitrogen and oxygen atoms in total. The maximum atomic E-state index is 12.9. The molecule has 4 amide bonds. The number of rotatable bonds is 7. The maximum absolute atomic E-state index is 12.9. The van der Waals surface area contributed by atoms with Gasteiger partial charge in [0.05, 0.1) is 0 Å². The first-order valence-corrected chi connectivity index (χ1v) is 10.5. The molecule has 158 valence electrons. The van der Waals surface area contributed by atoms with E-state index in [2.05, 4.69) is 22.5 Å². The summed E-state index contributed by atoms with van der Waals surface area (Å²) >= 11 is 0. The van der Waals surface area contributed by atoms with Gasteiger partial charge in [-0.25, -0.2) is 4.79 Å². The van der Waals surface area contributed by atoms with Crippen LogP contribution in [0.5, 0.6) is 0 Å². The predicted octanol–water partition coefficient (Wildman–Crippen LogP) is 2.00. The monoisotopic (exact) mass is 400 g/mol. The van der Waals surface area contributed by atoms with Gasteiger partial charge in [-0.2, -0.15) is 0 Å². The zero-order valence-corrected chi connectivity index (χ0v) is 17.7. The first kappa shape index (κ1) is 21.3. The molecule has 2 saturated heterocycles. The molecule has 1 unspecified atom stereocenters. The number of piperidine rings is 1. The van der Waals surface area contributed by atoms with Gasteiger partial charge in [-0.15, -0.1) is 0 Å². The van der Waals surface area contributed by atoms with Crippen molar-refractivity contribution in [3.63, 3.8) is 0 Å². The first-order valence-electron chi connectivity index (χ1n) is 10.5. The van der Waals surface area contributed by atoms with Crippen molar-refractivity contribution in [3.8, 4) is 0 Å². The molecule has 0 aromatic heterocycles. The van der Waals surface area contributed by atoms with E-state index in [-0.39, 0.29) is 12.5 Å². The van der Waals surface area contributed by atoms with Crippen molar-refractivity contribution in [2.75, 3.05) is 32.7 Å². The number of likely N-dealkylation sites (tertiary alicyclic amines) is 1. The third-order valence-corrected chi connectivity index (χ3v) is 6.06. The largest absolute Gasteiger partial charge is 0.354 e. The summed E-state index contributed by atoms with van der Waals surface area (Å²) in [6.07, 6.45) is 3.33. The molecule has 2 aliphatic heterocycles. The molecule has 2 fully saturated rings. The lowest BCUT2D eigenvalue weighted by Gasteiger charge is -2.30. The highest BCUT2D eigenvalue weighted by atomic mass is 16.2. The van der Waals surface area contributed by atoms with E-state index in [0.29, 0.717) is 12.1 Å². The minimum Gasteiger partial charge on any atom is -0.354 e. The molecule has 7 heteroatoms. The minimum atomic E-state index is -1.14. The van der Waals surface area contributed by atoms with Gasteiger partial charge < -0.3 is 15.5 Å². The van der Waals surface area contributed by atoms with Crippen LogP contribution >= 0.6 is 0 Å². The molecule has 2 heterocycles. The average Bonchev–Trinajstić information content (AvgIpc) is 2.91. The normalized spacial score (nSPS) is 23.3. The van der Waals surface area contributed by atoms with E-state index in [0.717, 1.165) is 42.4 Å². The van der Waals surface area contributed by atoms with Crippen LogP contribution in [0.1, 0.15) is 44.2 Å². The first-order chi connectivity index (χ1) is 13.8. The summed E-state index contributed by atoms with van der Waals surface area (Å²) in [6.45, 7) is 9.42.